The van der Waals surface area contributed by atoms with Gasteiger partial charge in [0, 0.05) is 11.8 Å². The van der Waals surface area contributed by atoms with Gasteiger partial charge in [0.05, 0.1) is 22.9 Å². The van der Waals surface area contributed by atoms with Gasteiger partial charge < -0.3 is 11.1 Å². The van der Waals surface area contributed by atoms with E-state index in [2.05, 4.69) is 5.32 Å². The van der Waals surface area contributed by atoms with Crippen LogP contribution in [0.25, 0.3) is 0 Å². The van der Waals surface area contributed by atoms with Crippen LogP contribution in [0.5, 0.6) is 0 Å². The van der Waals surface area contributed by atoms with Crippen molar-refractivity contribution >= 4 is 17.3 Å². The van der Waals surface area contributed by atoms with E-state index in [1.807, 2.05) is 6.07 Å². The first kappa shape index (κ1) is 13.5. The van der Waals surface area contributed by atoms with E-state index in [1.54, 1.807) is 18.2 Å². The lowest BCUT2D eigenvalue weighted by Gasteiger charge is -2.07. The van der Waals surface area contributed by atoms with Crippen molar-refractivity contribution in [1.82, 2.24) is 0 Å². The Bertz CT molecular complexity index is 723. The Morgan fingerprint density at radius 1 is 1.20 bits per heavy atom. The smallest absolute Gasteiger partial charge is 0.258 e. The van der Waals surface area contributed by atoms with E-state index in [-0.39, 0.29) is 11.3 Å². The zero-order chi connectivity index (χ0) is 14.7. The summed E-state index contributed by atoms with van der Waals surface area (Å²) < 4.78 is 26.5. The summed E-state index contributed by atoms with van der Waals surface area (Å²) in [6, 6.07) is 9.50. The first-order valence-electron chi connectivity index (χ1n) is 5.57. The van der Waals surface area contributed by atoms with Crippen LogP contribution in [0.4, 0.5) is 20.2 Å². The number of amides is 1. The molecule has 0 saturated carbocycles. The molecule has 2 aromatic rings. The maximum absolute atomic E-state index is 13.5. The van der Waals surface area contributed by atoms with Crippen LogP contribution in [0.1, 0.15) is 15.9 Å². The molecule has 0 fully saturated rings. The average molecular weight is 273 g/mol. The molecule has 0 aliphatic rings. The van der Waals surface area contributed by atoms with Crippen molar-refractivity contribution < 1.29 is 13.6 Å². The second-order valence-electron chi connectivity index (χ2n) is 4.00. The molecule has 0 radical (unpaired) electrons. The summed E-state index contributed by atoms with van der Waals surface area (Å²) in [7, 11) is 0. The summed E-state index contributed by atoms with van der Waals surface area (Å²) in [6.45, 7) is 0. The molecular weight excluding hydrogens is 264 g/mol. The van der Waals surface area contributed by atoms with Gasteiger partial charge in [-0.1, -0.05) is 6.07 Å². The number of carbonyl (C=O) groups is 1. The molecular formula is C14H9F2N3O. The standard InChI is InChI=1S/C14H9F2N3O/c15-11-6-12(16)13(18)5-10(11)14(20)19-9-3-1-2-8(4-9)7-17/h1-6H,18H2,(H,19,20). The fraction of sp³-hybridized carbons (Fsp3) is 0. The Morgan fingerprint density at radius 2 is 1.95 bits per heavy atom. The van der Waals surface area contributed by atoms with Gasteiger partial charge in [0.2, 0.25) is 0 Å². The van der Waals surface area contributed by atoms with E-state index < -0.39 is 17.5 Å². The fourth-order valence-corrected chi connectivity index (χ4v) is 1.60. The van der Waals surface area contributed by atoms with E-state index >= 15 is 0 Å². The molecule has 3 N–H and O–H groups in total. The molecule has 0 atom stereocenters. The van der Waals surface area contributed by atoms with Gasteiger partial charge in [-0.15, -0.1) is 0 Å². The molecule has 0 spiro atoms. The average Bonchev–Trinajstić information content (AvgIpc) is 2.43. The second kappa shape index (κ2) is 5.36. The number of anilines is 2. The van der Waals surface area contributed by atoms with Crippen molar-refractivity contribution in [3.8, 4) is 6.07 Å². The SMILES string of the molecule is N#Cc1cccc(NC(=O)c2cc(N)c(F)cc2F)c1. The van der Waals surface area contributed by atoms with Crippen LogP contribution in [-0.2, 0) is 0 Å². The zero-order valence-corrected chi connectivity index (χ0v) is 10.2. The highest BCUT2D eigenvalue weighted by molar-refractivity contribution is 6.05. The van der Waals surface area contributed by atoms with Gasteiger partial charge in [0.25, 0.3) is 5.91 Å². The van der Waals surface area contributed by atoms with Gasteiger partial charge in [0.1, 0.15) is 11.6 Å². The molecule has 100 valence electrons. The third kappa shape index (κ3) is 2.72. The molecule has 0 unspecified atom stereocenters. The van der Waals surface area contributed by atoms with Crippen molar-refractivity contribution in [3.05, 3.63) is 59.2 Å². The second-order valence-corrected chi connectivity index (χ2v) is 4.00. The largest absolute Gasteiger partial charge is 0.396 e. The molecule has 0 aliphatic heterocycles. The Kier molecular flexibility index (Phi) is 3.62. The number of halogens is 2. The Labute approximate surface area is 113 Å². The zero-order valence-electron chi connectivity index (χ0n) is 10.2. The summed E-state index contributed by atoms with van der Waals surface area (Å²) >= 11 is 0. The lowest BCUT2D eigenvalue weighted by Crippen LogP contribution is -2.14. The predicted octanol–water partition coefficient (Wildman–Crippen LogP) is 2.67. The van der Waals surface area contributed by atoms with Crippen LogP contribution in [0, 0.1) is 23.0 Å². The molecule has 0 saturated heterocycles. The number of nitrogens with two attached hydrogens (primary N) is 1. The van der Waals surface area contributed by atoms with Gasteiger partial charge in [-0.2, -0.15) is 5.26 Å². The minimum absolute atomic E-state index is 0.317. The summed E-state index contributed by atoms with van der Waals surface area (Å²) in [5.74, 6) is -2.71. The number of hydrogen-bond donors (Lipinski definition) is 2. The predicted molar refractivity (Wildman–Crippen MR) is 69.9 cm³/mol. The molecule has 6 heteroatoms. The number of rotatable bonds is 2. The van der Waals surface area contributed by atoms with Crippen molar-refractivity contribution in [2.45, 2.75) is 0 Å². The number of nitriles is 1. The van der Waals surface area contributed by atoms with Crippen LogP contribution >= 0.6 is 0 Å². The van der Waals surface area contributed by atoms with Crippen molar-refractivity contribution in [3.63, 3.8) is 0 Å². The highest BCUT2D eigenvalue weighted by Gasteiger charge is 2.15. The monoisotopic (exact) mass is 273 g/mol. The lowest BCUT2D eigenvalue weighted by molar-refractivity contribution is 0.102. The number of nitrogens with zero attached hydrogens (tertiary/aromatic N) is 1. The van der Waals surface area contributed by atoms with Crippen LogP contribution in [-0.4, -0.2) is 5.91 Å². The molecule has 0 aliphatic carbocycles. The van der Waals surface area contributed by atoms with Gasteiger partial charge in [0.15, 0.2) is 0 Å². The van der Waals surface area contributed by atoms with Gasteiger partial charge >= 0.3 is 0 Å². The van der Waals surface area contributed by atoms with Gasteiger partial charge in [-0.3, -0.25) is 4.79 Å². The number of benzene rings is 2. The minimum atomic E-state index is -1.01. The third-order valence-corrected chi connectivity index (χ3v) is 2.58. The molecule has 2 aromatic carbocycles. The number of carbonyl (C=O) groups excluding carboxylic acids is 1. The first-order valence-corrected chi connectivity index (χ1v) is 5.57. The van der Waals surface area contributed by atoms with E-state index in [0.29, 0.717) is 17.3 Å². The third-order valence-electron chi connectivity index (χ3n) is 2.58. The van der Waals surface area contributed by atoms with Crippen LogP contribution in [0.3, 0.4) is 0 Å². The highest BCUT2D eigenvalue weighted by Crippen LogP contribution is 2.18. The van der Waals surface area contributed by atoms with E-state index in [9.17, 15) is 13.6 Å². The maximum atomic E-state index is 13.5. The van der Waals surface area contributed by atoms with Gasteiger partial charge in [-0.05, 0) is 24.3 Å². The number of nitrogen functional groups attached to an aromatic ring is 1. The number of hydrogen-bond acceptors (Lipinski definition) is 3. The normalized spacial score (nSPS) is 9.85. The first-order chi connectivity index (χ1) is 9.51. The summed E-state index contributed by atoms with van der Waals surface area (Å²) in [5.41, 5.74) is 5.29. The van der Waals surface area contributed by atoms with Crippen LogP contribution in [0.2, 0.25) is 0 Å². The summed E-state index contributed by atoms with van der Waals surface area (Å²) in [5, 5.41) is 11.2. The lowest BCUT2D eigenvalue weighted by atomic mass is 10.1. The molecule has 2 rings (SSSR count). The molecule has 1 amide bonds. The highest BCUT2D eigenvalue weighted by atomic mass is 19.1. The quantitative estimate of drug-likeness (QED) is 0.825. The van der Waals surface area contributed by atoms with Crippen LogP contribution in [0.15, 0.2) is 36.4 Å². The van der Waals surface area contributed by atoms with E-state index in [4.69, 9.17) is 11.0 Å². The summed E-state index contributed by atoms with van der Waals surface area (Å²) in [4.78, 5) is 11.9. The van der Waals surface area contributed by atoms with Crippen LogP contribution < -0.4 is 11.1 Å². The van der Waals surface area contributed by atoms with Gasteiger partial charge in [-0.25, -0.2) is 8.78 Å². The Balaban J connectivity index is 2.28. The van der Waals surface area contributed by atoms with Crippen molar-refractivity contribution in [1.29, 1.82) is 5.26 Å². The molecule has 0 aromatic heterocycles. The molecule has 0 bridgehead atoms. The number of nitrogens with one attached hydrogen (secondary N) is 1. The molecule has 0 heterocycles. The topological polar surface area (TPSA) is 78.9 Å². The Hall–Kier alpha value is -2.94. The molecule has 20 heavy (non-hydrogen) atoms. The van der Waals surface area contributed by atoms with E-state index in [0.717, 1.165) is 6.07 Å². The maximum Gasteiger partial charge on any atom is 0.258 e. The fourth-order valence-electron chi connectivity index (χ4n) is 1.60. The van der Waals surface area contributed by atoms with Crippen molar-refractivity contribution in [2.24, 2.45) is 0 Å². The Morgan fingerprint density at radius 3 is 2.65 bits per heavy atom. The summed E-state index contributed by atoms with van der Waals surface area (Å²) in [6.07, 6.45) is 0. The van der Waals surface area contributed by atoms with E-state index in [1.165, 1.54) is 6.07 Å². The molecule has 4 nitrogen and oxygen atoms in total. The minimum Gasteiger partial charge on any atom is -0.396 e. The van der Waals surface area contributed by atoms with Crippen molar-refractivity contribution in [2.75, 3.05) is 11.1 Å².